The first-order chi connectivity index (χ1) is 7.76. The molecule has 4 heteroatoms. The smallest absolute Gasteiger partial charge is 0.224 e. The summed E-state index contributed by atoms with van der Waals surface area (Å²) in [5, 5.41) is 2.80. The Balaban J connectivity index is 2.37. The molecule has 0 saturated heterocycles. The lowest BCUT2D eigenvalue weighted by Crippen LogP contribution is -2.11. The molecule has 1 aromatic rings. The predicted octanol–water partition coefficient (Wildman–Crippen LogP) is 2.61. The zero-order valence-corrected chi connectivity index (χ0v) is 9.82. The van der Waals surface area contributed by atoms with Crippen LogP contribution in [0.5, 0.6) is 5.88 Å². The third-order valence-corrected chi connectivity index (χ3v) is 2.24. The summed E-state index contributed by atoms with van der Waals surface area (Å²) in [7, 11) is 1.56. The molecule has 0 radical (unpaired) electrons. The minimum atomic E-state index is 0.0421. The molecule has 0 aliphatic rings. The van der Waals surface area contributed by atoms with Gasteiger partial charge in [-0.1, -0.05) is 19.8 Å². The normalized spacial score (nSPS) is 9.88. The number of rotatable bonds is 6. The van der Waals surface area contributed by atoms with Gasteiger partial charge in [0, 0.05) is 12.5 Å². The number of pyridine rings is 1. The molecule has 1 heterocycles. The van der Waals surface area contributed by atoms with Gasteiger partial charge in [0.15, 0.2) is 0 Å². The van der Waals surface area contributed by atoms with Gasteiger partial charge >= 0.3 is 0 Å². The SMILES string of the molecule is CCCCCC(=O)Nc1ccc(OC)nc1. The number of amides is 1. The molecule has 16 heavy (non-hydrogen) atoms. The summed E-state index contributed by atoms with van der Waals surface area (Å²) in [5.74, 6) is 0.587. The fourth-order valence-corrected chi connectivity index (χ4v) is 1.33. The quantitative estimate of drug-likeness (QED) is 0.753. The lowest BCUT2D eigenvalue weighted by molar-refractivity contribution is -0.116. The first-order valence-electron chi connectivity index (χ1n) is 5.56. The molecule has 0 spiro atoms. The highest BCUT2D eigenvalue weighted by atomic mass is 16.5. The Morgan fingerprint density at radius 1 is 1.44 bits per heavy atom. The molecule has 1 aromatic heterocycles. The van der Waals surface area contributed by atoms with E-state index in [1.54, 1.807) is 25.4 Å². The van der Waals surface area contributed by atoms with Crippen LogP contribution in [0, 0.1) is 0 Å². The van der Waals surface area contributed by atoms with Crippen molar-refractivity contribution >= 4 is 11.6 Å². The average molecular weight is 222 g/mol. The van der Waals surface area contributed by atoms with Gasteiger partial charge in [-0.25, -0.2) is 4.98 Å². The van der Waals surface area contributed by atoms with Crippen LogP contribution in [0.4, 0.5) is 5.69 Å². The molecule has 1 N–H and O–H groups in total. The Bertz CT molecular complexity index is 322. The fourth-order valence-electron chi connectivity index (χ4n) is 1.33. The minimum Gasteiger partial charge on any atom is -0.481 e. The number of aromatic nitrogens is 1. The van der Waals surface area contributed by atoms with Crippen LogP contribution in [-0.2, 0) is 4.79 Å². The predicted molar refractivity (Wildman–Crippen MR) is 63.6 cm³/mol. The van der Waals surface area contributed by atoms with Crippen LogP contribution in [0.2, 0.25) is 0 Å². The van der Waals surface area contributed by atoms with E-state index >= 15 is 0 Å². The molecule has 0 atom stereocenters. The Morgan fingerprint density at radius 2 is 2.25 bits per heavy atom. The molecule has 0 aliphatic carbocycles. The van der Waals surface area contributed by atoms with Gasteiger partial charge in [0.05, 0.1) is 19.0 Å². The van der Waals surface area contributed by atoms with Crippen LogP contribution in [0.15, 0.2) is 18.3 Å². The second-order valence-corrected chi connectivity index (χ2v) is 3.59. The Hall–Kier alpha value is -1.58. The van der Waals surface area contributed by atoms with E-state index in [0.29, 0.717) is 18.0 Å². The van der Waals surface area contributed by atoms with E-state index in [4.69, 9.17) is 4.74 Å². The summed E-state index contributed by atoms with van der Waals surface area (Å²) in [4.78, 5) is 15.5. The highest BCUT2D eigenvalue weighted by Gasteiger charge is 2.02. The molecule has 0 aliphatic heterocycles. The van der Waals surface area contributed by atoms with Gasteiger partial charge in [-0.3, -0.25) is 4.79 Å². The molecule has 1 rings (SSSR count). The molecular weight excluding hydrogens is 204 g/mol. The standard InChI is InChI=1S/C12H18N2O2/c1-3-4-5-6-11(15)14-10-7-8-12(16-2)13-9-10/h7-9H,3-6H2,1-2H3,(H,14,15). The number of carbonyl (C=O) groups is 1. The number of hydrogen-bond acceptors (Lipinski definition) is 3. The van der Waals surface area contributed by atoms with E-state index in [0.717, 1.165) is 19.3 Å². The highest BCUT2D eigenvalue weighted by molar-refractivity contribution is 5.90. The number of nitrogens with one attached hydrogen (secondary N) is 1. The number of anilines is 1. The third kappa shape index (κ3) is 4.29. The van der Waals surface area contributed by atoms with Gasteiger partial charge in [0.2, 0.25) is 11.8 Å². The summed E-state index contributed by atoms with van der Waals surface area (Å²) in [5.41, 5.74) is 0.710. The van der Waals surface area contributed by atoms with Crippen molar-refractivity contribution in [2.45, 2.75) is 32.6 Å². The zero-order chi connectivity index (χ0) is 11.8. The van der Waals surface area contributed by atoms with Crippen molar-refractivity contribution in [1.82, 2.24) is 4.98 Å². The lowest BCUT2D eigenvalue weighted by atomic mass is 10.2. The van der Waals surface area contributed by atoms with Gasteiger partial charge in [0.1, 0.15) is 0 Å². The van der Waals surface area contributed by atoms with Crippen molar-refractivity contribution in [2.75, 3.05) is 12.4 Å². The van der Waals surface area contributed by atoms with E-state index in [1.165, 1.54) is 0 Å². The van der Waals surface area contributed by atoms with E-state index in [-0.39, 0.29) is 5.91 Å². The van der Waals surface area contributed by atoms with Crippen LogP contribution in [0.25, 0.3) is 0 Å². The monoisotopic (exact) mass is 222 g/mol. The number of nitrogens with zero attached hydrogens (tertiary/aromatic N) is 1. The number of hydrogen-bond donors (Lipinski definition) is 1. The van der Waals surface area contributed by atoms with Crippen molar-refractivity contribution in [3.63, 3.8) is 0 Å². The molecule has 0 saturated carbocycles. The molecule has 0 bridgehead atoms. The minimum absolute atomic E-state index is 0.0421. The maximum atomic E-state index is 11.5. The van der Waals surface area contributed by atoms with E-state index in [1.807, 2.05) is 0 Å². The summed E-state index contributed by atoms with van der Waals surface area (Å²) in [6.07, 6.45) is 5.31. The largest absolute Gasteiger partial charge is 0.481 e. The van der Waals surface area contributed by atoms with E-state index in [2.05, 4.69) is 17.2 Å². The van der Waals surface area contributed by atoms with Gasteiger partial charge < -0.3 is 10.1 Å². The van der Waals surface area contributed by atoms with Crippen molar-refractivity contribution in [3.8, 4) is 5.88 Å². The number of ether oxygens (including phenoxy) is 1. The number of methoxy groups -OCH3 is 1. The van der Waals surface area contributed by atoms with Crippen LogP contribution in [0.3, 0.4) is 0 Å². The summed E-state index contributed by atoms with van der Waals surface area (Å²) >= 11 is 0. The number of carbonyl (C=O) groups excluding carboxylic acids is 1. The third-order valence-electron chi connectivity index (χ3n) is 2.24. The Kier molecular flexibility index (Phi) is 5.32. The Morgan fingerprint density at radius 3 is 2.81 bits per heavy atom. The summed E-state index contributed by atoms with van der Waals surface area (Å²) in [6, 6.07) is 3.51. The van der Waals surface area contributed by atoms with Crippen LogP contribution < -0.4 is 10.1 Å². The topological polar surface area (TPSA) is 51.2 Å². The van der Waals surface area contributed by atoms with Crippen molar-refractivity contribution < 1.29 is 9.53 Å². The highest BCUT2D eigenvalue weighted by Crippen LogP contribution is 2.11. The first-order valence-corrected chi connectivity index (χ1v) is 5.56. The molecule has 4 nitrogen and oxygen atoms in total. The van der Waals surface area contributed by atoms with E-state index < -0.39 is 0 Å². The Labute approximate surface area is 96.0 Å². The van der Waals surface area contributed by atoms with Crippen molar-refractivity contribution in [2.24, 2.45) is 0 Å². The summed E-state index contributed by atoms with van der Waals surface area (Å²) in [6.45, 7) is 2.12. The second kappa shape index (κ2) is 6.82. The fraction of sp³-hybridized carbons (Fsp3) is 0.500. The molecule has 0 aromatic carbocycles. The maximum Gasteiger partial charge on any atom is 0.224 e. The maximum absolute atomic E-state index is 11.5. The van der Waals surface area contributed by atoms with Crippen molar-refractivity contribution in [1.29, 1.82) is 0 Å². The van der Waals surface area contributed by atoms with Gasteiger partial charge in [-0.05, 0) is 12.5 Å². The number of unbranched alkanes of at least 4 members (excludes halogenated alkanes) is 2. The second-order valence-electron chi connectivity index (χ2n) is 3.59. The average Bonchev–Trinajstić information content (AvgIpc) is 2.30. The lowest BCUT2D eigenvalue weighted by Gasteiger charge is -2.05. The zero-order valence-electron chi connectivity index (χ0n) is 9.82. The van der Waals surface area contributed by atoms with Gasteiger partial charge in [-0.2, -0.15) is 0 Å². The molecule has 88 valence electrons. The van der Waals surface area contributed by atoms with Gasteiger partial charge in [-0.15, -0.1) is 0 Å². The van der Waals surface area contributed by atoms with Crippen LogP contribution in [0.1, 0.15) is 32.6 Å². The van der Waals surface area contributed by atoms with Gasteiger partial charge in [0.25, 0.3) is 0 Å². The first kappa shape index (κ1) is 12.5. The molecule has 1 amide bonds. The summed E-state index contributed by atoms with van der Waals surface area (Å²) < 4.78 is 4.93. The van der Waals surface area contributed by atoms with E-state index in [9.17, 15) is 4.79 Å². The molecular formula is C12H18N2O2. The van der Waals surface area contributed by atoms with Crippen LogP contribution >= 0.6 is 0 Å². The molecule has 0 unspecified atom stereocenters. The van der Waals surface area contributed by atoms with Crippen molar-refractivity contribution in [3.05, 3.63) is 18.3 Å². The molecule has 0 fully saturated rings. The van der Waals surface area contributed by atoms with Crippen LogP contribution in [-0.4, -0.2) is 18.0 Å².